The van der Waals surface area contributed by atoms with Gasteiger partial charge in [0.05, 0.1) is 5.69 Å². The van der Waals surface area contributed by atoms with Gasteiger partial charge in [-0.25, -0.2) is 0 Å². The molecule has 0 amide bonds. The summed E-state index contributed by atoms with van der Waals surface area (Å²) in [7, 11) is 1.68. The average molecular weight is 166 g/mol. The van der Waals surface area contributed by atoms with Gasteiger partial charge in [0.1, 0.15) is 0 Å². The lowest BCUT2D eigenvalue weighted by Crippen LogP contribution is -2.03. The summed E-state index contributed by atoms with van der Waals surface area (Å²) in [6, 6.07) is 6.70. The van der Waals surface area contributed by atoms with Crippen LogP contribution in [-0.4, -0.2) is 13.2 Å². The molecule has 1 radical (unpaired) electrons. The molecule has 0 atom stereocenters. The van der Waals surface area contributed by atoms with Crippen molar-refractivity contribution < 1.29 is 14.6 Å². The Bertz CT molecular complexity index is 285. The predicted octanol–water partition coefficient (Wildman–Crippen LogP) is 1.66. The summed E-state index contributed by atoms with van der Waals surface area (Å²) in [5, 5.41) is 12.9. The lowest BCUT2D eigenvalue weighted by Gasteiger charge is -2.04. The smallest absolute Gasteiger partial charge is 0.390 e. The van der Waals surface area contributed by atoms with Crippen molar-refractivity contribution in [2.75, 3.05) is 12.4 Å². The van der Waals surface area contributed by atoms with Crippen LogP contribution in [0.2, 0.25) is 0 Å². The Kier molecular flexibility index (Phi) is 2.53. The molecule has 0 aromatic heterocycles. The topological polar surface area (TPSA) is 58.2 Å². The largest absolute Gasteiger partial charge is 0.555 e. The molecular formula is C8H8NO3. The highest BCUT2D eigenvalue weighted by Gasteiger charge is 2.05. The van der Waals surface area contributed by atoms with Gasteiger partial charge in [0, 0.05) is 7.05 Å². The van der Waals surface area contributed by atoms with Crippen molar-refractivity contribution in [2.45, 2.75) is 0 Å². The zero-order chi connectivity index (χ0) is 8.97. The molecule has 0 aliphatic rings. The molecule has 1 rings (SSSR count). The monoisotopic (exact) mass is 166 g/mol. The maximum atomic E-state index is 10.1. The molecule has 0 aliphatic carbocycles. The molecule has 1 aromatic carbocycles. The van der Waals surface area contributed by atoms with E-state index in [4.69, 9.17) is 0 Å². The molecule has 0 saturated heterocycles. The van der Waals surface area contributed by atoms with Gasteiger partial charge in [-0.3, -0.25) is 0 Å². The summed E-state index contributed by atoms with van der Waals surface area (Å²) in [5.74, 6) is 0.250. The first-order chi connectivity index (χ1) is 5.74. The number of ether oxygens (including phenoxy) is 1. The second-order valence-corrected chi connectivity index (χ2v) is 2.10. The van der Waals surface area contributed by atoms with E-state index in [-0.39, 0.29) is 5.75 Å². The van der Waals surface area contributed by atoms with Gasteiger partial charge >= 0.3 is 6.16 Å². The van der Waals surface area contributed by atoms with E-state index in [1.165, 1.54) is 0 Å². The fourth-order valence-electron chi connectivity index (χ4n) is 0.852. The van der Waals surface area contributed by atoms with E-state index in [1.807, 2.05) is 0 Å². The van der Waals surface area contributed by atoms with Gasteiger partial charge in [-0.1, -0.05) is 12.1 Å². The second-order valence-electron chi connectivity index (χ2n) is 2.10. The van der Waals surface area contributed by atoms with Crippen LogP contribution in [0.1, 0.15) is 0 Å². The third-order valence-electron chi connectivity index (χ3n) is 1.35. The number of anilines is 1. The zero-order valence-corrected chi connectivity index (χ0v) is 6.53. The summed E-state index contributed by atoms with van der Waals surface area (Å²) in [6.45, 7) is 0. The molecule has 63 valence electrons. The highest BCUT2D eigenvalue weighted by atomic mass is 16.7. The highest BCUT2D eigenvalue weighted by Crippen LogP contribution is 2.22. The molecule has 0 spiro atoms. The molecule has 0 aliphatic heterocycles. The number of carbonyl (C=O) groups is 1. The van der Waals surface area contributed by atoms with E-state index >= 15 is 0 Å². The van der Waals surface area contributed by atoms with Crippen molar-refractivity contribution in [2.24, 2.45) is 0 Å². The Morgan fingerprint density at radius 3 is 2.67 bits per heavy atom. The molecule has 1 N–H and O–H groups in total. The van der Waals surface area contributed by atoms with Crippen LogP contribution in [0.3, 0.4) is 0 Å². The lowest BCUT2D eigenvalue weighted by atomic mass is 10.3. The van der Waals surface area contributed by atoms with Crippen LogP contribution in [0.5, 0.6) is 5.75 Å². The fourth-order valence-corrected chi connectivity index (χ4v) is 0.852. The highest BCUT2D eigenvalue weighted by molar-refractivity contribution is 5.66. The first kappa shape index (κ1) is 8.39. The molecule has 1 aromatic rings. The van der Waals surface area contributed by atoms with Crippen LogP contribution in [0.15, 0.2) is 24.3 Å². The molecule has 0 bridgehead atoms. The molecule has 4 nitrogen and oxygen atoms in total. The third-order valence-corrected chi connectivity index (χ3v) is 1.35. The molecule has 4 heteroatoms. The summed E-state index contributed by atoms with van der Waals surface area (Å²) in [5.41, 5.74) is 0.613. The minimum Gasteiger partial charge on any atom is -0.390 e. The summed E-state index contributed by atoms with van der Waals surface area (Å²) in [4.78, 5) is 10.1. The van der Waals surface area contributed by atoms with Crippen LogP contribution >= 0.6 is 0 Å². The van der Waals surface area contributed by atoms with Gasteiger partial charge in [0.25, 0.3) is 0 Å². The third kappa shape index (κ3) is 1.88. The minimum absolute atomic E-state index is 0.250. The van der Waals surface area contributed by atoms with E-state index in [0.29, 0.717) is 5.69 Å². The van der Waals surface area contributed by atoms with Gasteiger partial charge in [-0.05, 0) is 12.1 Å². The number of carbonyl (C=O) groups excluding carboxylic acids is 1. The van der Waals surface area contributed by atoms with Crippen LogP contribution < -0.4 is 10.1 Å². The minimum atomic E-state index is -1.56. The first-order valence-corrected chi connectivity index (χ1v) is 3.39. The number of para-hydroxylation sites is 2. The second kappa shape index (κ2) is 3.61. The van der Waals surface area contributed by atoms with Gasteiger partial charge < -0.3 is 10.1 Å². The molecule has 0 heterocycles. The quantitative estimate of drug-likeness (QED) is 0.536. The average Bonchev–Trinajstić information content (AvgIpc) is 2.04. The van der Waals surface area contributed by atoms with E-state index in [2.05, 4.69) is 10.1 Å². The summed E-state index contributed by atoms with van der Waals surface area (Å²) in [6.07, 6.45) is -1.56. The fraction of sp³-hybridized carbons (Fsp3) is 0.125. The Hall–Kier alpha value is -1.71. The van der Waals surface area contributed by atoms with Crippen LogP contribution in [0.25, 0.3) is 0 Å². The van der Waals surface area contributed by atoms with Crippen LogP contribution in [0.4, 0.5) is 10.5 Å². The Morgan fingerprint density at radius 1 is 1.42 bits per heavy atom. The predicted molar refractivity (Wildman–Crippen MR) is 42.7 cm³/mol. The number of rotatable bonds is 2. The lowest BCUT2D eigenvalue weighted by molar-refractivity contribution is 0.117. The van der Waals surface area contributed by atoms with Gasteiger partial charge in [0.2, 0.25) is 0 Å². The van der Waals surface area contributed by atoms with Crippen molar-refractivity contribution >= 4 is 11.8 Å². The maximum Gasteiger partial charge on any atom is 0.555 e. The van der Waals surface area contributed by atoms with Gasteiger partial charge in [0.15, 0.2) is 5.75 Å². The van der Waals surface area contributed by atoms with Crippen molar-refractivity contribution in [3.63, 3.8) is 0 Å². The van der Waals surface area contributed by atoms with E-state index in [1.54, 1.807) is 31.3 Å². The summed E-state index contributed by atoms with van der Waals surface area (Å²) < 4.78 is 4.38. The molecule has 12 heavy (non-hydrogen) atoms. The van der Waals surface area contributed by atoms with Crippen molar-refractivity contribution in [1.29, 1.82) is 0 Å². The van der Waals surface area contributed by atoms with E-state index in [9.17, 15) is 9.90 Å². The molecule has 0 saturated carbocycles. The Balaban J connectivity index is 2.89. The van der Waals surface area contributed by atoms with Crippen LogP contribution in [0, 0.1) is 0 Å². The van der Waals surface area contributed by atoms with Crippen molar-refractivity contribution in [3.05, 3.63) is 24.3 Å². The number of hydrogen-bond donors (Lipinski definition) is 1. The zero-order valence-electron chi connectivity index (χ0n) is 6.53. The first-order valence-electron chi connectivity index (χ1n) is 3.39. The normalized spacial score (nSPS) is 9.08. The summed E-state index contributed by atoms with van der Waals surface area (Å²) >= 11 is 0. The number of nitrogens with one attached hydrogen (secondary N) is 1. The van der Waals surface area contributed by atoms with Crippen molar-refractivity contribution in [1.82, 2.24) is 0 Å². The standard InChI is InChI=1S/C8H8NO3/c1-9-6-4-2-3-5-7(6)12-8(10)11/h2-5,9H,1H3. The Labute approximate surface area is 69.8 Å². The van der Waals surface area contributed by atoms with E-state index < -0.39 is 6.16 Å². The van der Waals surface area contributed by atoms with Gasteiger partial charge in [-0.15, -0.1) is 0 Å². The molecule has 0 unspecified atom stereocenters. The Morgan fingerprint density at radius 2 is 2.08 bits per heavy atom. The van der Waals surface area contributed by atoms with Gasteiger partial charge in [-0.2, -0.15) is 9.90 Å². The van der Waals surface area contributed by atoms with Crippen molar-refractivity contribution in [3.8, 4) is 5.75 Å². The van der Waals surface area contributed by atoms with Crippen LogP contribution in [-0.2, 0) is 5.11 Å². The SMILES string of the molecule is CNc1ccccc1OC([O])=O. The molecule has 0 fully saturated rings. The van der Waals surface area contributed by atoms with E-state index in [0.717, 1.165) is 0 Å². The number of hydrogen-bond acceptors (Lipinski definition) is 3. The number of benzene rings is 1. The molecular weight excluding hydrogens is 158 g/mol. The maximum absolute atomic E-state index is 10.1.